The number of aliphatic hydroxyl groups excluding tert-OH is 2. The smallest absolute Gasteiger partial charge is 0.0558 e. The fraction of sp³-hybridized carbons (Fsp3) is 0.500. The lowest BCUT2D eigenvalue weighted by molar-refractivity contribution is 0.156. The molecule has 96 valence electrons. The Hall–Kier alpha value is -0.810. The molecule has 0 bridgehead atoms. The van der Waals surface area contributed by atoms with Gasteiger partial charge in [0.2, 0.25) is 0 Å². The topological polar surface area (TPSA) is 69.7 Å². The molecule has 1 aromatic rings. The molecule has 0 heterocycles. The molecule has 4 nitrogen and oxygen atoms in total. The van der Waals surface area contributed by atoms with E-state index in [1.165, 1.54) is 0 Å². The predicted octanol–water partition coefficient (Wildman–Crippen LogP) is 1.02. The van der Waals surface area contributed by atoms with E-state index < -0.39 is 0 Å². The van der Waals surface area contributed by atoms with Gasteiger partial charge in [-0.05, 0) is 30.2 Å². The predicted molar refractivity (Wildman–Crippen MR) is 70.1 cm³/mol. The van der Waals surface area contributed by atoms with E-state index in [-0.39, 0.29) is 13.2 Å². The van der Waals surface area contributed by atoms with Crippen LogP contribution in [0.5, 0.6) is 0 Å². The Morgan fingerprint density at radius 3 is 2.35 bits per heavy atom. The molecule has 0 aromatic heterocycles. The summed E-state index contributed by atoms with van der Waals surface area (Å²) in [5.41, 5.74) is 8.41. The summed E-state index contributed by atoms with van der Waals surface area (Å²) in [7, 11) is 0. The van der Waals surface area contributed by atoms with Crippen molar-refractivity contribution in [2.24, 2.45) is 0 Å². The highest BCUT2D eigenvalue weighted by atomic mass is 35.5. The van der Waals surface area contributed by atoms with Crippen molar-refractivity contribution < 1.29 is 10.2 Å². The maximum atomic E-state index is 8.93. The summed E-state index contributed by atoms with van der Waals surface area (Å²) in [5, 5.41) is 18.5. The molecule has 0 radical (unpaired) electrons. The number of hydrogen-bond acceptors (Lipinski definition) is 4. The van der Waals surface area contributed by atoms with Crippen molar-refractivity contribution in [1.82, 2.24) is 4.90 Å². The Balaban J connectivity index is 2.81. The van der Waals surface area contributed by atoms with Crippen molar-refractivity contribution in [3.05, 3.63) is 28.3 Å². The van der Waals surface area contributed by atoms with Gasteiger partial charge in [0.05, 0.1) is 13.2 Å². The normalized spacial score (nSPS) is 11.1. The van der Waals surface area contributed by atoms with Crippen LogP contribution in [0.15, 0.2) is 12.1 Å². The summed E-state index contributed by atoms with van der Waals surface area (Å²) in [6, 6.07) is 3.68. The zero-order valence-electron chi connectivity index (χ0n) is 9.99. The van der Waals surface area contributed by atoms with Gasteiger partial charge in [-0.2, -0.15) is 0 Å². The van der Waals surface area contributed by atoms with Crippen molar-refractivity contribution in [2.45, 2.75) is 13.5 Å². The Morgan fingerprint density at radius 2 is 1.82 bits per heavy atom. The molecule has 0 spiro atoms. The van der Waals surface area contributed by atoms with Gasteiger partial charge in [0.25, 0.3) is 0 Å². The lowest BCUT2D eigenvalue weighted by Crippen LogP contribution is -2.29. The van der Waals surface area contributed by atoms with Crippen LogP contribution in [0.25, 0.3) is 0 Å². The zero-order chi connectivity index (χ0) is 12.8. The van der Waals surface area contributed by atoms with Gasteiger partial charge in [-0.1, -0.05) is 11.6 Å². The number of rotatable bonds is 6. The second-order valence-electron chi connectivity index (χ2n) is 4.02. The highest BCUT2D eigenvalue weighted by molar-refractivity contribution is 6.31. The van der Waals surface area contributed by atoms with Crippen LogP contribution in [0.1, 0.15) is 11.1 Å². The minimum atomic E-state index is 0.0545. The number of benzene rings is 1. The Labute approximate surface area is 107 Å². The lowest BCUT2D eigenvalue weighted by Gasteiger charge is -2.21. The number of nitrogens with zero attached hydrogens (tertiary/aromatic N) is 1. The van der Waals surface area contributed by atoms with Crippen molar-refractivity contribution in [3.8, 4) is 0 Å². The number of aryl methyl sites for hydroxylation is 1. The first-order valence-corrected chi connectivity index (χ1v) is 5.95. The third kappa shape index (κ3) is 4.16. The second kappa shape index (κ2) is 6.81. The molecular weight excluding hydrogens is 240 g/mol. The molecular formula is C12H19ClN2O2. The van der Waals surface area contributed by atoms with Gasteiger partial charge in [-0.15, -0.1) is 0 Å². The van der Waals surface area contributed by atoms with Crippen molar-refractivity contribution in [3.63, 3.8) is 0 Å². The largest absolute Gasteiger partial charge is 0.399 e. The molecule has 0 saturated heterocycles. The Bertz CT molecular complexity index is 366. The summed E-state index contributed by atoms with van der Waals surface area (Å²) >= 11 is 6.14. The molecule has 0 atom stereocenters. The van der Waals surface area contributed by atoms with Gasteiger partial charge in [-0.3, -0.25) is 4.90 Å². The van der Waals surface area contributed by atoms with Crippen molar-refractivity contribution in [2.75, 3.05) is 32.0 Å². The molecule has 0 fully saturated rings. The zero-order valence-corrected chi connectivity index (χ0v) is 10.7. The van der Waals surface area contributed by atoms with E-state index in [2.05, 4.69) is 0 Å². The van der Waals surface area contributed by atoms with E-state index in [1.54, 1.807) is 0 Å². The van der Waals surface area contributed by atoms with Gasteiger partial charge < -0.3 is 15.9 Å². The molecule has 1 aromatic carbocycles. The summed E-state index contributed by atoms with van der Waals surface area (Å²) in [5.74, 6) is 0. The van der Waals surface area contributed by atoms with Crippen LogP contribution in [0.4, 0.5) is 5.69 Å². The van der Waals surface area contributed by atoms with E-state index in [0.29, 0.717) is 30.3 Å². The Morgan fingerprint density at radius 1 is 1.24 bits per heavy atom. The molecule has 0 aliphatic carbocycles. The average molecular weight is 259 g/mol. The highest BCUT2D eigenvalue weighted by Crippen LogP contribution is 2.23. The van der Waals surface area contributed by atoms with E-state index in [1.807, 2.05) is 24.0 Å². The first-order valence-electron chi connectivity index (χ1n) is 5.57. The summed E-state index contributed by atoms with van der Waals surface area (Å²) in [6.07, 6.45) is 0. The van der Waals surface area contributed by atoms with E-state index in [9.17, 15) is 0 Å². The number of nitrogens with two attached hydrogens (primary N) is 1. The SMILES string of the molecule is Cc1cc(Cl)c(CN(CCO)CCO)cc1N. The fourth-order valence-electron chi connectivity index (χ4n) is 1.65. The van der Waals surface area contributed by atoms with E-state index in [0.717, 1.165) is 11.1 Å². The lowest BCUT2D eigenvalue weighted by atomic mass is 10.1. The monoisotopic (exact) mass is 258 g/mol. The standard InChI is InChI=1S/C12H19ClN2O2/c1-9-6-11(13)10(7-12(9)14)8-15(2-4-16)3-5-17/h6-7,16-17H,2-5,8,14H2,1H3. The molecule has 0 aliphatic rings. The maximum Gasteiger partial charge on any atom is 0.0558 e. The minimum absolute atomic E-state index is 0.0545. The fourth-order valence-corrected chi connectivity index (χ4v) is 1.93. The summed E-state index contributed by atoms with van der Waals surface area (Å²) < 4.78 is 0. The van der Waals surface area contributed by atoms with Crippen LogP contribution in [0, 0.1) is 6.92 Å². The van der Waals surface area contributed by atoms with E-state index in [4.69, 9.17) is 27.5 Å². The molecule has 1 rings (SSSR count). The molecule has 0 unspecified atom stereocenters. The molecule has 0 amide bonds. The number of hydrogen-bond donors (Lipinski definition) is 3. The first kappa shape index (κ1) is 14.3. The van der Waals surface area contributed by atoms with Gasteiger partial charge in [-0.25, -0.2) is 0 Å². The third-order valence-electron chi connectivity index (χ3n) is 2.66. The molecule has 0 saturated carbocycles. The number of aliphatic hydroxyl groups is 2. The summed E-state index contributed by atoms with van der Waals surface area (Å²) in [4.78, 5) is 1.93. The van der Waals surface area contributed by atoms with Gasteiger partial charge >= 0.3 is 0 Å². The molecule has 17 heavy (non-hydrogen) atoms. The number of anilines is 1. The number of nitrogen functional groups attached to an aromatic ring is 1. The molecule has 0 aliphatic heterocycles. The average Bonchev–Trinajstić information content (AvgIpc) is 2.26. The first-order chi connectivity index (χ1) is 8.08. The second-order valence-corrected chi connectivity index (χ2v) is 4.43. The van der Waals surface area contributed by atoms with Gasteiger partial charge in [0.15, 0.2) is 0 Å². The molecule has 5 heteroatoms. The third-order valence-corrected chi connectivity index (χ3v) is 3.01. The van der Waals surface area contributed by atoms with Crippen LogP contribution in [0.2, 0.25) is 5.02 Å². The van der Waals surface area contributed by atoms with Crippen LogP contribution in [-0.2, 0) is 6.54 Å². The van der Waals surface area contributed by atoms with Crippen LogP contribution in [-0.4, -0.2) is 41.4 Å². The quantitative estimate of drug-likeness (QED) is 0.667. The Kier molecular flexibility index (Phi) is 5.71. The maximum absolute atomic E-state index is 8.93. The highest BCUT2D eigenvalue weighted by Gasteiger charge is 2.09. The van der Waals surface area contributed by atoms with Crippen molar-refractivity contribution >= 4 is 17.3 Å². The van der Waals surface area contributed by atoms with Crippen LogP contribution >= 0.6 is 11.6 Å². The van der Waals surface area contributed by atoms with E-state index >= 15 is 0 Å². The van der Waals surface area contributed by atoms with Gasteiger partial charge in [0, 0.05) is 30.3 Å². The van der Waals surface area contributed by atoms with Gasteiger partial charge in [0.1, 0.15) is 0 Å². The number of halogens is 1. The van der Waals surface area contributed by atoms with Crippen LogP contribution in [0.3, 0.4) is 0 Å². The molecule has 4 N–H and O–H groups in total. The van der Waals surface area contributed by atoms with Crippen LogP contribution < -0.4 is 5.73 Å². The summed E-state index contributed by atoms with van der Waals surface area (Å²) in [6.45, 7) is 3.60. The minimum Gasteiger partial charge on any atom is -0.399 e. The van der Waals surface area contributed by atoms with Crippen molar-refractivity contribution in [1.29, 1.82) is 0 Å².